The Balaban J connectivity index is 1.81. The fourth-order valence-corrected chi connectivity index (χ4v) is 3.87. The monoisotopic (exact) mass is 338 g/mol. The van der Waals surface area contributed by atoms with E-state index in [1.54, 1.807) is 0 Å². The van der Waals surface area contributed by atoms with E-state index in [-0.39, 0.29) is 0 Å². The average Bonchev–Trinajstić information content (AvgIpc) is 3.04. The van der Waals surface area contributed by atoms with Gasteiger partial charge in [-0.3, -0.25) is 4.48 Å². The van der Waals surface area contributed by atoms with Gasteiger partial charge in [0, 0.05) is 6.54 Å². The van der Waals surface area contributed by atoms with Crippen LogP contribution in [-0.4, -0.2) is 43.5 Å². The maximum Gasteiger partial charge on any atom is 0.185 e. The molecule has 1 atom stereocenters. The molecule has 0 bridgehead atoms. The van der Waals surface area contributed by atoms with Crippen LogP contribution in [0.4, 0.5) is 0 Å². The number of nitrogens with zero attached hydrogens (tertiary/aromatic N) is 2. The van der Waals surface area contributed by atoms with Crippen LogP contribution in [0.2, 0.25) is 0 Å². The first-order chi connectivity index (χ1) is 11.8. The van der Waals surface area contributed by atoms with Crippen molar-refractivity contribution in [3.8, 4) is 0 Å². The molecule has 0 aliphatic carbocycles. The summed E-state index contributed by atoms with van der Waals surface area (Å²) < 4.78 is 1.05. The second-order valence-electron chi connectivity index (χ2n) is 7.80. The summed E-state index contributed by atoms with van der Waals surface area (Å²) in [6.45, 7) is 7.57. The highest BCUT2D eigenvalue weighted by Gasteiger charge is 2.27. The number of unbranched alkanes of at least 4 members (excludes halogenated alkanes) is 13. The molecule has 1 aliphatic rings. The zero-order chi connectivity index (χ0) is 17.3. The fraction of sp³-hybridized carbons (Fsp3) is 0.952. The van der Waals surface area contributed by atoms with Gasteiger partial charge in [0.25, 0.3) is 0 Å². The summed E-state index contributed by atoms with van der Waals surface area (Å²) >= 11 is 0. The van der Waals surface area contributed by atoms with Crippen LogP contribution in [-0.2, 0) is 0 Å². The lowest BCUT2D eigenvalue weighted by atomic mass is 10.0. The normalized spacial score (nSPS) is 20.1. The molecule has 0 aromatic rings. The minimum atomic E-state index is 0.782. The molecule has 1 rings (SSSR count). The van der Waals surface area contributed by atoms with E-state index < -0.39 is 0 Å². The molecular formula is C21H44N3+. The average molecular weight is 339 g/mol. The molecule has 24 heavy (non-hydrogen) atoms. The van der Waals surface area contributed by atoms with Crippen LogP contribution in [0.1, 0.15) is 96.8 Å². The van der Waals surface area contributed by atoms with E-state index in [0.717, 1.165) is 24.1 Å². The predicted molar refractivity (Wildman–Crippen MR) is 108 cm³/mol. The Morgan fingerprint density at radius 2 is 1.25 bits per heavy atom. The molecule has 3 nitrogen and oxygen atoms in total. The van der Waals surface area contributed by atoms with Crippen molar-refractivity contribution < 1.29 is 4.48 Å². The van der Waals surface area contributed by atoms with Crippen molar-refractivity contribution >= 4 is 6.34 Å². The van der Waals surface area contributed by atoms with Crippen molar-refractivity contribution in [1.82, 2.24) is 0 Å². The molecule has 0 radical (unpaired) electrons. The molecule has 142 valence electrons. The van der Waals surface area contributed by atoms with Gasteiger partial charge in [-0.1, -0.05) is 84.0 Å². The lowest BCUT2D eigenvalue weighted by molar-refractivity contribution is -0.827. The molecule has 1 unspecified atom stereocenters. The summed E-state index contributed by atoms with van der Waals surface area (Å²) in [5, 5.41) is 0. The van der Waals surface area contributed by atoms with Gasteiger partial charge in [0.05, 0.1) is 19.6 Å². The molecule has 0 aromatic carbocycles. The van der Waals surface area contributed by atoms with E-state index in [0.29, 0.717) is 0 Å². The smallest absolute Gasteiger partial charge is 0.185 e. The zero-order valence-corrected chi connectivity index (χ0v) is 16.5. The molecule has 0 amide bonds. The number of rotatable bonds is 17. The van der Waals surface area contributed by atoms with Crippen LogP contribution in [0.25, 0.3) is 0 Å². The fourth-order valence-electron chi connectivity index (χ4n) is 3.87. The Morgan fingerprint density at radius 1 is 0.750 bits per heavy atom. The van der Waals surface area contributed by atoms with Crippen molar-refractivity contribution in [3.63, 3.8) is 0 Å². The molecule has 0 aromatic heterocycles. The van der Waals surface area contributed by atoms with Crippen LogP contribution >= 0.6 is 0 Å². The van der Waals surface area contributed by atoms with Gasteiger partial charge in [-0.15, -0.1) is 0 Å². The topological polar surface area (TPSA) is 38.4 Å². The Hall–Kier alpha value is -0.410. The lowest BCUT2D eigenvalue weighted by Gasteiger charge is -2.29. The first-order valence-electron chi connectivity index (χ1n) is 10.9. The minimum Gasteiger partial charge on any atom is -0.326 e. The van der Waals surface area contributed by atoms with Gasteiger partial charge in [0.1, 0.15) is 6.54 Å². The standard InChI is InChI=1S/C21H44N3/c1-2-3-4-5-6-7-8-9-10-11-12-13-14-15-18-24(19-16-22)20-17-23-21-24/h21H,2-20,22H2,1H3/q+1. The Bertz CT molecular complexity index is 303. The van der Waals surface area contributed by atoms with Gasteiger partial charge >= 0.3 is 0 Å². The highest BCUT2D eigenvalue weighted by molar-refractivity contribution is 5.48. The second-order valence-corrected chi connectivity index (χ2v) is 7.80. The molecule has 1 aliphatic heterocycles. The molecule has 2 N–H and O–H groups in total. The van der Waals surface area contributed by atoms with Crippen LogP contribution in [0.3, 0.4) is 0 Å². The number of aliphatic imine (C=N–C) groups is 1. The summed E-state index contributed by atoms with van der Waals surface area (Å²) in [7, 11) is 0. The Kier molecular flexibility index (Phi) is 13.4. The predicted octanol–water partition coefficient (Wildman–Crippen LogP) is 5.29. The lowest BCUT2D eigenvalue weighted by Crippen LogP contribution is -2.49. The minimum absolute atomic E-state index is 0.782. The third-order valence-corrected chi connectivity index (χ3v) is 5.53. The van der Waals surface area contributed by atoms with Crippen molar-refractivity contribution in [3.05, 3.63) is 0 Å². The number of hydrogen-bond donors (Lipinski definition) is 1. The molecule has 0 saturated heterocycles. The summed E-state index contributed by atoms with van der Waals surface area (Å²) in [6.07, 6.45) is 22.2. The van der Waals surface area contributed by atoms with Crippen LogP contribution in [0.15, 0.2) is 4.99 Å². The molecule has 0 saturated carbocycles. The largest absolute Gasteiger partial charge is 0.326 e. The van der Waals surface area contributed by atoms with Crippen LogP contribution in [0.5, 0.6) is 0 Å². The number of hydrogen-bond acceptors (Lipinski definition) is 2. The van der Waals surface area contributed by atoms with Crippen LogP contribution < -0.4 is 5.73 Å². The SMILES string of the molecule is CCCCCCCCCCCCCCCC[N+]1(CCN)C=NCC1. The highest BCUT2D eigenvalue weighted by Crippen LogP contribution is 2.15. The zero-order valence-electron chi connectivity index (χ0n) is 16.5. The summed E-state index contributed by atoms with van der Waals surface area (Å²) in [4.78, 5) is 4.43. The van der Waals surface area contributed by atoms with Crippen molar-refractivity contribution in [2.75, 3.05) is 32.7 Å². The molecular weight excluding hydrogens is 294 g/mol. The van der Waals surface area contributed by atoms with Crippen molar-refractivity contribution in [2.45, 2.75) is 96.8 Å². The van der Waals surface area contributed by atoms with Crippen LogP contribution in [0, 0.1) is 0 Å². The van der Waals surface area contributed by atoms with E-state index >= 15 is 0 Å². The number of nitrogens with two attached hydrogens (primary N) is 1. The van der Waals surface area contributed by atoms with E-state index in [4.69, 9.17) is 5.73 Å². The molecule has 0 spiro atoms. The first-order valence-corrected chi connectivity index (χ1v) is 10.9. The van der Waals surface area contributed by atoms with Gasteiger partial charge < -0.3 is 5.73 Å². The maximum absolute atomic E-state index is 5.77. The third-order valence-electron chi connectivity index (χ3n) is 5.53. The maximum atomic E-state index is 5.77. The summed E-state index contributed by atoms with van der Waals surface area (Å²) in [5.41, 5.74) is 5.77. The second kappa shape index (κ2) is 14.9. The summed E-state index contributed by atoms with van der Waals surface area (Å²) in [6, 6.07) is 0. The van der Waals surface area contributed by atoms with Gasteiger partial charge in [-0.25, -0.2) is 4.99 Å². The Morgan fingerprint density at radius 3 is 1.67 bits per heavy atom. The highest BCUT2D eigenvalue weighted by atomic mass is 15.4. The van der Waals surface area contributed by atoms with E-state index in [9.17, 15) is 0 Å². The van der Waals surface area contributed by atoms with Gasteiger partial charge in [0.2, 0.25) is 0 Å². The van der Waals surface area contributed by atoms with E-state index in [2.05, 4.69) is 18.3 Å². The molecule has 0 fully saturated rings. The summed E-state index contributed by atoms with van der Waals surface area (Å²) in [5.74, 6) is 0. The molecule has 1 heterocycles. The van der Waals surface area contributed by atoms with E-state index in [1.807, 2.05) is 0 Å². The van der Waals surface area contributed by atoms with Crippen molar-refractivity contribution in [2.24, 2.45) is 10.7 Å². The number of quaternary nitrogens is 1. The van der Waals surface area contributed by atoms with Gasteiger partial charge in [-0.05, 0) is 12.8 Å². The Labute approximate surface area is 151 Å². The van der Waals surface area contributed by atoms with Gasteiger partial charge in [0.15, 0.2) is 6.34 Å². The van der Waals surface area contributed by atoms with Gasteiger partial charge in [-0.2, -0.15) is 0 Å². The first kappa shape index (κ1) is 21.6. The van der Waals surface area contributed by atoms with E-state index in [1.165, 1.54) is 103 Å². The molecule has 3 heteroatoms. The van der Waals surface area contributed by atoms with Crippen molar-refractivity contribution in [1.29, 1.82) is 0 Å². The quantitative estimate of drug-likeness (QED) is 0.284. The third kappa shape index (κ3) is 10.5.